The van der Waals surface area contributed by atoms with Gasteiger partial charge in [-0.2, -0.15) is 4.31 Å². The van der Waals surface area contributed by atoms with E-state index in [1.165, 1.54) is 5.56 Å². The average Bonchev–Trinajstić information content (AvgIpc) is 2.36. The zero-order chi connectivity index (χ0) is 13.2. The first-order valence-corrected chi connectivity index (χ1v) is 8.21. The van der Waals surface area contributed by atoms with Crippen LogP contribution in [0.25, 0.3) is 0 Å². The van der Waals surface area contributed by atoms with Crippen molar-refractivity contribution < 1.29 is 8.42 Å². The van der Waals surface area contributed by atoms with Gasteiger partial charge in [-0.15, -0.1) is 0 Å². The van der Waals surface area contributed by atoms with Gasteiger partial charge in [0.05, 0.1) is 5.75 Å². The molecule has 1 aliphatic rings. The van der Waals surface area contributed by atoms with Crippen LogP contribution in [-0.4, -0.2) is 25.0 Å². The summed E-state index contributed by atoms with van der Waals surface area (Å²) < 4.78 is 26.1. The molecule has 0 N–H and O–H groups in total. The molecule has 1 heterocycles. The minimum Gasteiger partial charge on any atom is -0.212 e. The Balaban J connectivity index is 2.20. The first-order valence-electron chi connectivity index (χ1n) is 6.60. The Morgan fingerprint density at radius 2 is 2.06 bits per heavy atom. The van der Waals surface area contributed by atoms with Crippen LogP contribution in [0.15, 0.2) is 24.3 Å². The van der Waals surface area contributed by atoms with Crippen LogP contribution in [0.3, 0.4) is 0 Å². The molecule has 4 heteroatoms. The Hall–Kier alpha value is -0.870. The molecule has 1 aromatic carbocycles. The van der Waals surface area contributed by atoms with Gasteiger partial charge in [-0.1, -0.05) is 44.5 Å². The lowest BCUT2D eigenvalue weighted by molar-refractivity contribution is 0.363. The van der Waals surface area contributed by atoms with Gasteiger partial charge in [0.2, 0.25) is 10.0 Å². The zero-order valence-electron chi connectivity index (χ0n) is 11.1. The second-order valence-electron chi connectivity index (χ2n) is 5.06. The fourth-order valence-electron chi connectivity index (χ4n) is 2.49. The van der Waals surface area contributed by atoms with E-state index in [4.69, 9.17) is 0 Å². The van der Waals surface area contributed by atoms with E-state index in [0.29, 0.717) is 13.1 Å². The molecule has 0 saturated carbocycles. The molecule has 0 fully saturated rings. The molecule has 0 saturated heterocycles. The summed E-state index contributed by atoms with van der Waals surface area (Å²) in [7, 11) is -3.09. The monoisotopic (exact) mass is 267 g/mol. The third-order valence-corrected chi connectivity index (χ3v) is 5.43. The Bertz CT molecular complexity index is 510. The van der Waals surface area contributed by atoms with Crippen molar-refractivity contribution in [3.8, 4) is 0 Å². The molecule has 0 radical (unpaired) electrons. The standard InChI is InChI=1S/C14H21NO2S/c1-3-4-9-18(16,17)15-10-12(2)14-8-6-5-7-13(14)11-15/h5-8,12H,3-4,9-11H2,1-2H3. The maximum absolute atomic E-state index is 12.2. The Kier molecular flexibility index (Phi) is 4.07. The van der Waals surface area contributed by atoms with Gasteiger partial charge in [-0.25, -0.2) is 8.42 Å². The largest absolute Gasteiger partial charge is 0.214 e. The Morgan fingerprint density at radius 1 is 1.33 bits per heavy atom. The zero-order valence-corrected chi connectivity index (χ0v) is 11.9. The van der Waals surface area contributed by atoms with Crippen molar-refractivity contribution in [2.24, 2.45) is 0 Å². The normalized spacial score (nSPS) is 20.7. The van der Waals surface area contributed by atoms with Gasteiger partial charge in [-0.3, -0.25) is 0 Å². The van der Waals surface area contributed by atoms with Crippen LogP contribution in [0.5, 0.6) is 0 Å². The maximum atomic E-state index is 12.2. The topological polar surface area (TPSA) is 37.4 Å². The van der Waals surface area contributed by atoms with Gasteiger partial charge in [-0.05, 0) is 23.5 Å². The molecule has 1 atom stereocenters. The first kappa shape index (κ1) is 13.6. The summed E-state index contributed by atoms with van der Waals surface area (Å²) in [6.07, 6.45) is 1.66. The second kappa shape index (κ2) is 5.41. The number of hydrogen-bond donors (Lipinski definition) is 0. The summed E-state index contributed by atoms with van der Waals surface area (Å²) in [6, 6.07) is 8.15. The fraction of sp³-hybridized carbons (Fsp3) is 0.571. The SMILES string of the molecule is CCCCS(=O)(=O)N1Cc2ccccc2C(C)C1. The lowest BCUT2D eigenvalue weighted by atomic mass is 9.92. The van der Waals surface area contributed by atoms with Crippen LogP contribution in [0, 0.1) is 0 Å². The molecule has 100 valence electrons. The first-order chi connectivity index (χ1) is 8.54. The molecule has 0 aliphatic carbocycles. The van der Waals surface area contributed by atoms with Crippen molar-refractivity contribution in [1.82, 2.24) is 4.31 Å². The minimum atomic E-state index is -3.09. The number of benzene rings is 1. The van der Waals surface area contributed by atoms with Gasteiger partial charge < -0.3 is 0 Å². The highest BCUT2D eigenvalue weighted by molar-refractivity contribution is 7.89. The second-order valence-corrected chi connectivity index (χ2v) is 7.15. The molecular formula is C14H21NO2S. The van der Waals surface area contributed by atoms with Crippen molar-refractivity contribution in [3.05, 3.63) is 35.4 Å². The Morgan fingerprint density at radius 3 is 2.78 bits per heavy atom. The van der Waals surface area contributed by atoms with Gasteiger partial charge >= 0.3 is 0 Å². The molecule has 2 rings (SSSR count). The molecule has 0 bridgehead atoms. The Labute approximate surface area is 110 Å². The molecule has 18 heavy (non-hydrogen) atoms. The minimum absolute atomic E-state index is 0.276. The predicted molar refractivity (Wildman–Crippen MR) is 74.0 cm³/mol. The summed E-state index contributed by atoms with van der Waals surface area (Å²) in [5, 5.41) is 0. The fourth-order valence-corrected chi connectivity index (χ4v) is 4.18. The summed E-state index contributed by atoms with van der Waals surface area (Å²) >= 11 is 0. The van der Waals surface area contributed by atoms with Crippen molar-refractivity contribution >= 4 is 10.0 Å². The van der Waals surface area contributed by atoms with Crippen LogP contribution < -0.4 is 0 Å². The van der Waals surface area contributed by atoms with Crippen LogP contribution in [-0.2, 0) is 16.6 Å². The van der Waals surface area contributed by atoms with E-state index in [-0.39, 0.29) is 11.7 Å². The number of nitrogens with zero attached hydrogens (tertiary/aromatic N) is 1. The third-order valence-electron chi connectivity index (χ3n) is 3.56. The summed E-state index contributed by atoms with van der Waals surface area (Å²) in [4.78, 5) is 0. The van der Waals surface area contributed by atoms with Crippen LogP contribution in [0.1, 0.15) is 43.7 Å². The van der Waals surface area contributed by atoms with Crippen LogP contribution in [0.2, 0.25) is 0 Å². The van der Waals surface area contributed by atoms with E-state index in [1.807, 2.05) is 25.1 Å². The highest BCUT2D eigenvalue weighted by Crippen LogP contribution is 2.29. The summed E-state index contributed by atoms with van der Waals surface area (Å²) in [5.74, 6) is 0.560. The maximum Gasteiger partial charge on any atom is 0.214 e. The van der Waals surface area contributed by atoms with Crippen molar-refractivity contribution in [1.29, 1.82) is 0 Å². The van der Waals surface area contributed by atoms with Crippen molar-refractivity contribution in [3.63, 3.8) is 0 Å². The average molecular weight is 267 g/mol. The van der Waals surface area contributed by atoms with Gasteiger partial charge in [0, 0.05) is 13.1 Å². The molecule has 0 spiro atoms. The lowest BCUT2D eigenvalue weighted by Gasteiger charge is -2.32. The number of sulfonamides is 1. The lowest BCUT2D eigenvalue weighted by Crippen LogP contribution is -2.38. The van der Waals surface area contributed by atoms with Crippen LogP contribution in [0.4, 0.5) is 0 Å². The van der Waals surface area contributed by atoms with E-state index in [9.17, 15) is 8.42 Å². The summed E-state index contributed by atoms with van der Waals surface area (Å²) in [5.41, 5.74) is 2.44. The molecule has 1 unspecified atom stereocenters. The number of hydrogen-bond acceptors (Lipinski definition) is 2. The molecular weight excluding hydrogens is 246 g/mol. The van der Waals surface area contributed by atoms with Gasteiger partial charge in [0.1, 0.15) is 0 Å². The highest BCUT2D eigenvalue weighted by atomic mass is 32.2. The molecule has 1 aromatic rings. The predicted octanol–water partition coefficient (Wildman–Crippen LogP) is 2.74. The number of rotatable bonds is 4. The van der Waals surface area contributed by atoms with Gasteiger partial charge in [0.25, 0.3) is 0 Å². The van der Waals surface area contributed by atoms with Gasteiger partial charge in [0.15, 0.2) is 0 Å². The summed E-state index contributed by atoms with van der Waals surface area (Å²) in [6.45, 7) is 5.26. The third kappa shape index (κ3) is 2.75. The molecule has 3 nitrogen and oxygen atoms in total. The van der Waals surface area contributed by atoms with E-state index >= 15 is 0 Å². The quantitative estimate of drug-likeness (QED) is 0.841. The van der Waals surface area contributed by atoms with E-state index in [2.05, 4.69) is 13.0 Å². The molecule has 0 aromatic heterocycles. The van der Waals surface area contributed by atoms with Crippen molar-refractivity contribution in [2.75, 3.05) is 12.3 Å². The smallest absolute Gasteiger partial charge is 0.212 e. The van der Waals surface area contributed by atoms with Crippen LogP contribution >= 0.6 is 0 Å². The van der Waals surface area contributed by atoms with E-state index in [1.54, 1.807) is 4.31 Å². The van der Waals surface area contributed by atoms with E-state index in [0.717, 1.165) is 18.4 Å². The molecule has 1 aliphatic heterocycles. The van der Waals surface area contributed by atoms with Crippen molar-refractivity contribution in [2.45, 2.75) is 39.2 Å². The van der Waals surface area contributed by atoms with E-state index < -0.39 is 10.0 Å². The molecule has 0 amide bonds. The number of unbranched alkanes of at least 4 members (excludes halogenated alkanes) is 1. The highest BCUT2D eigenvalue weighted by Gasteiger charge is 2.29. The number of fused-ring (bicyclic) bond motifs is 1.